The molecule has 0 unspecified atom stereocenters. The summed E-state index contributed by atoms with van der Waals surface area (Å²) in [5.41, 5.74) is 3.83. The third kappa shape index (κ3) is 3.09. The number of terminal acetylenes is 1. The molecule has 0 aliphatic rings. The van der Waals surface area contributed by atoms with E-state index in [2.05, 4.69) is 16.2 Å². The van der Waals surface area contributed by atoms with E-state index in [1.165, 1.54) is 12.1 Å². The molecule has 0 bridgehead atoms. The van der Waals surface area contributed by atoms with Gasteiger partial charge in [-0.25, -0.2) is 4.39 Å². The number of hydrogen-bond donors (Lipinski definition) is 2. The molecule has 2 aromatic carbocycles. The Bertz CT molecular complexity index is 934. The Hall–Kier alpha value is -3.06. The van der Waals surface area contributed by atoms with Crippen molar-refractivity contribution in [2.45, 2.75) is 13.3 Å². The van der Waals surface area contributed by atoms with Gasteiger partial charge < -0.3 is 10.3 Å². The molecule has 0 aliphatic carbocycles. The van der Waals surface area contributed by atoms with E-state index in [0.29, 0.717) is 11.3 Å². The zero-order chi connectivity index (χ0) is 16.4. The molecule has 1 amide bonds. The Morgan fingerprint density at radius 2 is 2.13 bits per heavy atom. The third-order valence-corrected chi connectivity index (χ3v) is 3.73. The molecule has 0 atom stereocenters. The number of H-pyrrole nitrogens is 1. The van der Waals surface area contributed by atoms with Crippen LogP contribution in [0.4, 0.5) is 10.1 Å². The summed E-state index contributed by atoms with van der Waals surface area (Å²) >= 11 is 0. The number of hydrogen-bond acceptors (Lipinski definition) is 1. The Labute approximate surface area is 133 Å². The molecular weight excluding hydrogens is 291 g/mol. The van der Waals surface area contributed by atoms with E-state index in [1.54, 1.807) is 30.3 Å². The van der Waals surface area contributed by atoms with Crippen molar-refractivity contribution in [1.82, 2.24) is 4.98 Å². The van der Waals surface area contributed by atoms with Crippen LogP contribution in [0.5, 0.6) is 0 Å². The molecule has 1 aromatic heterocycles. The second kappa shape index (κ2) is 5.98. The lowest BCUT2D eigenvalue weighted by atomic mass is 10.1. The number of aromatic amines is 1. The van der Waals surface area contributed by atoms with E-state index in [1.807, 2.05) is 6.92 Å². The zero-order valence-electron chi connectivity index (χ0n) is 12.6. The van der Waals surface area contributed by atoms with Crippen LogP contribution in [0.25, 0.3) is 10.9 Å². The molecule has 2 N–H and O–H groups in total. The molecule has 114 valence electrons. The van der Waals surface area contributed by atoms with Gasteiger partial charge in [-0.3, -0.25) is 4.79 Å². The van der Waals surface area contributed by atoms with Gasteiger partial charge in [0.15, 0.2) is 0 Å². The van der Waals surface area contributed by atoms with Crippen LogP contribution in [0.2, 0.25) is 0 Å². The lowest BCUT2D eigenvalue weighted by Gasteiger charge is -2.06. The number of nitrogens with one attached hydrogen (secondary N) is 2. The highest BCUT2D eigenvalue weighted by Crippen LogP contribution is 2.24. The van der Waals surface area contributed by atoms with Gasteiger partial charge in [-0.1, -0.05) is 12.0 Å². The summed E-state index contributed by atoms with van der Waals surface area (Å²) in [6.45, 7) is 1.87. The van der Waals surface area contributed by atoms with E-state index < -0.39 is 0 Å². The quantitative estimate of drug-likeness (QED) is 0.711. The Balaban J connectivity index is 1.84. The highest BCUT2D eigenvalue weighted by Gasteiger charge is 2.13. The number of aryl methyl sites for hydroxylation is 1. The first-order chi connectivity index (χ1) is 11.1. The fourth-order valence-electron chi connectivity index (χ4n) is 2.63. The van der Waals surface area contributed by atoms with E-state index in [9.17, 15) is 9.18 Å². The van der Waals surface area contributed by atoms with Crippen LogP contribution >= 0.6 is 0 Å². The number of carbonyl (C=O) groups excluding carboxylic acids is 1. The number of fused-ring (bicyclic) bond motifs is 1. The van der Waals surface area contributed by atoms with Crippen molar-refractivity contribution in [2.75, 3.05) is 5.32 Å². The Kier molecular flexibility index (Phi) is 3.86. The summed E-state index contributed by atoms with van der Waals surface area (Å²) in [5, 5.41) is 3.55. The van der Waals surface area contributed by atoms with Crippen molar-refractivity contribution in [3.05, 3.63) is 65.1 Å². The summed E-state index contributed by atoms with van der Waals surface area (Å²) in [7, 11) is 0. The Morgan fingerprint density at radius 1 is 1.30 bits per heavy atom. The topological polar surface area (TPSA) is 44.9 Å². The molecule has 3 aromatic rings. The number of anilines is 1. The number of carbonyl (C=O) groups is 1. The summed E-state index contributed by atoms with van der Waals surface area (Å²) in [6, 6.07) is 11.6. The average Bonchev–Trinajstić information content (AvgIpc) is 2.83. The van der Waals surface area contributed by atoms with Crippen LogP contribution in [0, 0.1) is 25.1 Å². The lowest BCUT2D eigenvalue weighted by Crippen LogP contribution is -2.14. The number of amides is 1. The minimum Gasteiger partial charge on any atom is -0.358 e. The largest absolute Gasteiger partial charge is 0.358 e. The van der Waals surface area contributed by atoms with Crippen molar-refractivity contribution >= 4 is 22.5 Å². The molecule has 0 saturated heterocycles. The van der Waals surface area contributed by atoms with Gasteiger partial charge >= 0.3 is 0 Å². The van der Waals surface area contributed by atoms with E-state index in [4.69, 9.17) is 6.42 Å². The molecule has 3 nitrogen and oxygen atoms in total. The van der Waals surface area contributed by atoms with Crippen molar-refractivity contribution < 1.29 is 9.18 Å². The fourth-order valence-corrected chi connectivity index (χ4v) is 2.63. The fraction of sp³-hybridized carbons (Fsp3) is 0.105. The number of benzene rings is 2. The predicted molar refractivity (Wildman–Crippen MR) is 89.7 cm³/mol. The highest BCUT2D eigenvalue weighted by atomic mass is 19.1. The first-order valence-corrected chi connectivity index (χ1v) is 7.20. The summed E-state index contributed by atoms with van der Waals surface area (Å²) < 4.78 is 13.5. The maximum atomic E-state index is 13.5. The normalized spacial score (nSPS) is 10.5. The second-order valence-corrected chi connectivity index (χ2v) is 5.37. The number of halogens is 1. The van der Waals surface area contributed by atoms with Crippen LogP contribution in [0.1, 0.15) is 16.8 Å². The molecular formula is C19H15FN2O. The van der Waals surface area contributed by atoms with Gasteiger partial charge in [0.25, 0.3) is 0 Å². The maximum absolute atomic E-state index is 13.5. The third-order valence-electron chi connectivity index (χ3n) is 3.73. The summed E-state index contributed by atoms with van der Waals surface area (Å²) in [5.74, 6) is 2.03. The predicted octanol–water partition coefficient (Wildman–Crippen LogP) is 3.78. The van der Waals surface area contributed by atoms with Crippen molar-refractivity contribution in [3.63, 3.8) is 0 Å². The molecule has 23 heavy (non-hydrogen) atoms. The van der Waals surface area contributed by atoms with Crippen LogP contribution < -0.4 is 5.32 Å². The first kappa shape index (κ1) is 14.9. The smallest absolute Gasteiger partial charge is 0.228 e. The molecule has 0 aliphatic heterocycles. The number of rotatable bonds is 3. The minimum atomic E-state index is -0.320. The van der Waals surface area contributed by atoms with Gasteiger partial charge in [-0.15, -0.1) is 6.42 Å². The second-order valence-electron chi connectivity index (χ2n) is 5.37. The SMILES string of the molecule is C#Cc1cccc(NC(=O)Cc2c(C)[nH]c3ccc(F)cc23)c1. The van der Waals surface area contributed by atoms with Crippen LogP contribution in [0.15, 0.2) is 42.5 Å². The van der Waals surface area contributed by atoms with Gasteiger partial charge in [0.05, 0.1) is 6.42 Å². The van der Waals surface area contributed by atoms with Gasteiger partial charge in [-0.2, -0.15) is 0 Å². The first-order valence-electron chi connectivity index (χ1n) is 7.20. The van der Waals surface area contributed by atoms with Crippen molar-refractivity contribution in [1.29, 1.82) is 0 Å². The van der Waals surface area contributed by atoms with Gasteiger partial charge in [-0.05, 0) is 48.9 Å². The van der Waals surface area contributed by atoms with E-state index >= 15 is 0 Å². The zero-order valence-corrected chi connectivity index (χ0v) is 12.6. The maximum Gasteiger partial charge on any atom is 0.228 e. The molecule has 0 fully saturated rings. The standard InChI is InChI=1S/C19H15FN2O/c1-3-13-5-4-6-15(9-13)22-19(23)11-16-12(2)21-18-8-7-14(20)10-17(16)18/h1,4-10,21H,11H2,2H3,(H,22,23). The van der Waals surface area contributed by atoms with E-state index in [-0.39, 0.29) is 18.1 Å². The summed E-state index contributed by atoms with van der Waals surface area (Å²) in [6.07, 6.45) is 5.52. The van der Waals surface area contributed by atoms with E-state index in [0.717, 1.165) is 22.2 Å². The lowest BCUT2D eigenvalue weighted by molar-refractivity contribution is -0.115. The molecule has 0 spiro atoms. The molecule has 0 radical (unpaired) electrons. The minimum absolute atomic E-state index is 0.162. The van der Waals surface area contributed by atoms with Crippen LogP contribution in [-0.2, 0) is 11.2 Å². The molecule has 4 heteroatoms. The highest BCUT2D eigenvalue weighted by molar-refractivity contribution is 5.96. The van der Waals surface area contributed by atoms with Crippen molar-refractivity contribution in [3.8, 4) is 12.3 Å². The molecule has 0 saturated carbocycles. The molecule has 3 rings (SSSR count). The van der Waals surface area contributed by atoms with Crippen LogP contribution in [0.3, 0.4) is 0 Å². The number of aromatic nitrogens is 1. The van der Waals surface area contributed by atoms with Crippen LogP contribution in [-0.4, -0.2) is 10.9 Å². The summed E-state index contributed by atoms with van der Waals surface area (Å²) in [4.78, 5) is 15.5. The average molecular weight is 306 g/mol. The Morgan fingerprint density at radius 3 is 2.91 bits per heavy atom. The monoisotopic (exact) mass is 306 g/mol. The van der Waals surface area contributed by atoms with Gasteiger partial charge in [0, 0.05) is 27.8 Å². The molecule has 1 heterocycles. The van der Waals surface area contributed by atoms with Gasteiger partial charge in [0.2, 0.25) is 5.91 Å². The van der Waals surface area contributed by atoms with Gasteiger partial charge in [0.1, 0.15) is 5.82 Å². The van der Waals surface area contributed by atoms with Crippen molar-refractivity contribution in [2.24, 2.45) is 0 Å².